The van der Waals surface area contributed by atoms with Crippen LogP contribution in [0.3, 0.4) is 0 Å². The zero-order valence-electron chi connectivity index (χ0n) is 18.5. The molecule has 4 unspecified atom stereocenters. The highest BCUT2D eigenvalue weighted by Crippen LogP contribution is 2.29. The molecular weight excluding hydrogens is 386 g/mol. The van der Waals surface area contributed by atoms with Crippen molar-refractivity contribution in [2.75, 3.05) is 37.6 Å². The van der Waals surface area contributed by atoms with Crippen molar-refractivity contribution in [3.8, 4) is 0 Å². The molecule has 2 aliphatic heterocycles. The Morgan fingerprint density at radius 3 is 2.59 bits per heavy atom. The van der Waals surface area contributed by atoms with Gasteiger partial charge >= 0.3 is 0 Å². The van der Waals surface area contributed by atoms with Crippen LogP contribution >= 0.6 is 11.6 Å². The van der Waals surface area contributed by atoms with E-state index < -0.39 is 0 Å². The van der Waals surface area contributed by atoms with Gasteiger partial charge in [-0.15, -0.1) is 0 Å². The van der Waals surface area contributed by atoms with Crippen LogP contribution in [0.5, 0.6) is 0 Å². The number of ether oxygens (including phenoxy) is 1. The Hall–Kier alpha value is -1.30. The highest BCUT2D eigenvalue weighted by molar-refractivity contribution is 6.30. The van der Waals surface area contributed by atoms with E-state index in [0.29, 0.717) is 5.92 Å². The number of amides is 1. The standard InChI is InChI=1S/C23H36ClN3O2/c1-15(2)22(27-12-17(4)29-18(5)13-27)23(28)25-11-19-8-9-26(14-19)21-10-20(24)7-6-16(21)3/h6-7,10,15,17-19,22H,8-9,11-14H2,1-5H3,(H,25,28). The second kappa shape index (κ2) is 9.67. The summed E-state index contributed by atoms with van der Waals surface area (Å²) in [6.45, 7) is 14.9. The van der Waals surface area contributed by atoms with Crippen molar-refractivity contribution in [2.45, 2.75) is 59.3 Å². The van der Waals surface area contributed by atoms with Crippen molar-refractivity contribution in [3.63, 3.8) is 0 Å². The molecule has 2 heterocycles. The van der Waals surface area contributed by atoms with Crippen molar-refractivity contribution in [2.24, 2.45) is 11.8 Å². The first-order chi connectivity index (χ1) is 13.7. The lowest BCUT2D eigenvalue weighted by atomic mass is 9.99. The number of nitrogens with zero attached hydrogens (tertiary/aromatic N) is 2. The van der Waals surface area contributed by atoms with E-state index in [-0.39, 0.29) is 30.1 Å². The van der Waals surface area contributed by atoms with Gasteiger partial charge in [0.2, 0.25) is 5.91 Å². The van der Waals surface area contributed by atoms with E-state index in [2.05, 4.69) is 55.8 Å². The molecule has 1 aromatic carbocycles. The fraction of sp³-hybridized carbons (Fsp3) is 0.696. The molecule has 0 saturated carbocycles. The second-order valence-electron chi connectivity index (χ2n) is 9.18. The number of hydrogen-bond donors (Lipinski definition) is 1. The minimum absolute atomic E-state index is 0.100. The monoisotopic (exact) mass is 421 g/mol. The number of carbonyl (C=O) groups excluding carboxylic acids is 1. The topological polar surface area (TPSA) is 44.8 Å². The third-order valence-electron chi connectivity index (χ3n) is 6.10. The molecule has 6 heteroatoms. The lowest BCUT2D eigenvalue weighted by molar-refractivity contribution is -0.135. The van der Waals surface area contributed by atoms with Gasteiger partial charge in [-0.2, -0.15) is 0 Å². The Bertz CT molecular complexity index is 701. The number of aryl methyl sites for hydroxylation is 1. The molecule has 1 aromatic rings. The van der Waals surface area contributed by atoms with E-state index in [4.69, 9.17) is 16.3 Å². The van der Waals surface area contributed by atoms with Crippen molar-refractivity contribution in [3.05, 3.63) is 28.8 Å². The van der Waals surface area contributed by atoms with Crippen molar-refractivity contribution >= 4 is 23.2 Å². The molecule has 4 atom stereocenters. The highest BCUT2D eigenvalue weighted by atomic mass is 35.5. The number of nitrogens with one attached hydrogen (secondary N) is 1. The molecule has 2 fully saturated rings. The van der Waals surface area contributed by atoms with Gasteiger partial charge in [0, 0.05) is 43.4 Å². The smallest absolute Gasteiger partial charge is 0.237 e. The van der Waals surface area contributed by atoms with E-state index in [1.54, 1.807) is 0 Å². The summed E-state index contributed by atoms with van der Waals surface area (Å²) in [7, 11) is 0. The van der Waals surface area contributed by atoms with Crippen molar-refractivity contribution in [1.82, 2.24) is 10.2 Å². The Morgan fingerprint density at radius 2 is 1.93 bits per heavy atom. The predicted molar refractivity (Wildman–Crippen MR) is 120 cm³/mol. The SMILES string of the molecule is Cc1ccc(Cl)cc1N1CCC(CNC(=O)C(C(C)C)N2CC(C)OC(C)C2)C1. The van der Waals surface area contributed by atoms with E-state index in [1.165, 1.54) is 11.3 Å². The minimum atomic E-state index is -0.100. The Kier molecular flexibility index (Phi) is 7.47. The molecule has 3 rings (SSSR count). The van der Waals surface area contributed by atoms with Crippen LogP contribution in [-0.2, 0) is 9.53 Å². The fourth-order valence-electron chi connectivity index (χ4n) is 4.83. The quantitative estimate of drug-likeness (QED) is 0.760. The minimum Gasteiger partial charge on any atom is -0.373 e. The summed E-state index contributed by atoms with van der Waals surface area (Å²) in [5.41, 5.74) is 2.46. The van der Waals surface area contributed by atoms with E-state index in [9.17, 15) is 4.79 Å². The van der Waals surface area contributed by atoms with Gasteiger partial charge in [0.05, 0.1) is 18.2 Å². The third-order valence-corrected chi connectivity index (χ3v) is 6.34. The largest absolute Gasteiger partial charge is 0.373 e. The van der Waals surface area contributed by atoms with Crippen LogP contribution in [0.25, 0.3) is 0 Å². The van der Waals surface area contributed by atoms with Crippen LogP contribution in [-0.4, -0.2) is 61.8 Å². The van der Waals surface area contributed by atoms with Crippen LogP contribution in [0.2, 0.25) is 5.02 Å². The van der Waals surface area contributed by atoms with E-state index in [1.807, 2.05) is 12.1 Å². The molecular formula is C23H36ClN3O2. The third kappa shape index (κ3) is 5.65. The summed E-state index contributed by atoms with van der Waals surface area (Å²) in [5, 5.41) is 4.03. The Labute approximate surface area is 180 Å². The van der Waals surface area contributed by atoms with Gasteiger partial charge in [-0.25, -0.2) is 0 Å². The molecule has 0 aromatic heterocycles. The number of anilines is 1. The summed E-state index contributed by atoms with van der Waals surface area (Å²) in [5.74, 6) is 0.882. The lowest BCUT2D eigenvalue weighted by Crippen LogP contribution is -2.57. The van der Waals surface area contributed by atoms with Gasteiger partial charge in [0.1, 0.15) is 0 Å². The first kappa shape index (κ1) is 22.4. The molecule has 0 spiro atoms. The summed E-state index contributed by atoms with van der Waals surface area (Å²) in [6, 6.07) is 5.96. The summed E-state index contributed by atoms with van der Waals surface area (Å²) in [4.78, 5) is 17.8. The molecule has 2 saturated heterocycles. The number of hydrogen-bond acceptors (Lipinski definition) is 4. The molecule has 1 N–H and O–H groups in total. The maximum absolute atomic E-state index is 13.1. The van der Waals surface area contributed by atoms with Crippen molar-refractivity contribution < 1.29 is 9.53 Å². The molecule has 0 radical (unpaired) electrons. The lowest BCUT2D eigenvalue weighted by Gasteiger charge is -2.41. The Morgan fingerprint density at radius 1 is 1.24 bits per heavy atom. The van der Waals surface area contributed by atoms with Crippen LogP contribution in [0, 0.1) is 18.8 Å². The number of carbonyl (C=O) groups is 1. The van der Waals surface area contributed by atoms with Gasteiger partial charge < -0.3 is 15.0 Å². The highest BCUT2D eigenvalue weighted by Gasteiger charge is 2.34. The van der Waals surface area contributed by atoms with Crippen LogP contribution < -0.4 is 10.2 Å². The van der Waals surface area contributed by atoms with E-state index in [0.717, 1.165) is 44.2 Å². The molecule has 0 bridgehead atoms. The average molecular weight is 422 g/mol. The van der Waals surface area contributed by atoms with Crippen LogP contribution in [0.1, 0.15) is 39.7 Å². The first-order valence-electron chi connectivity index (χ1n) is 10.9. The second-order valence-corrected chi connectivity index (χ2v) is 9.61. The summed E-state index contributed by atoms with van der Waals surface area (Å²) >= 11 is 6.20. The van der Waals surface area contributed by atoms with Gasteiger partial charge in [-0.05, 0) is 56.7 Å². The number of benzene rings is 1. The van der Waals surface area contributed by atoms with Gasteiger partial charge in [0.25, 0.3) is 0 Å². The van der Waals surface area contributed by atoms with Gasteiger partial charge in [-0.1, -0.05) is 31.5 Å². The fourth-order valence-corrected chi connectivity index (χ4v) is 4.99. The normalized spacial score (nSPS) is 26.7. The van der Waals surface area contributed by atoms with Crippen molar-refractivity contribution in [1.29, 1.82) is 0 Å². The average Bonchev–Trinajstić information content (AvgIpc) is 3.10. The van der Waals surface area contributed by atoms with E-state index >= 15 is 0 Å². The molecule has 29 heavy (non-hydrogen) atoms. The number of morpholine rings is 1. The number of rotatable bonds is 6. The number of halogens is 1. The molecule has 2 aliphatic rings. The zero-order valence-corrected chi connectivity index (χ0v) is 19.2. The zero-order chi connectivity index (χ0) is 21.1. The molecule has 162 valence electrons. The van der Waals surface area contributed by atoms with Crippen LogP contribution in [0.15, 0.2) is 18.2 Å². The Balaban J connectivity index is 1.56. The molecule has 5 nitrogen and oxygen atoms in total. The first-order valence-corrected chi connectivity index (χ1v) is 11.3. The van der Waals surface area contributed by atoms with Crippen LogP contribution in [0.4, 0.5) is 5.69 Å². The summed E-state index contributed by atoms with van der Waals surface area (Å²) < 4.78 is 5.85. The molecule has 0 aliphatic carbocycles. The molecule has 1 amide bonds. The van der Waals surface area contributed by atoms with Gasteiger partial charge in [0.15, 0.2) is 0 Å². The maximum Gasteiger partial charge on any atom is 0.237 e. The predicted octanol–water partition coefficient (Wildman–Crippen LogP) is 3.72. The van der Waals surface area contributed by atoms with Gasteiger partial charge in [-0.3, -0.25) is 9.69 Å². The maximum atomic E-state index is 13.1. The summed E-state index contributed by atoms with van der Waals surface area (Å²) in [6.07, 6.45) is 1.42.